The molecule has 1 aromatic carbocycles. The van der Waals surface area contributed by atoms with E-state index in [4.69, 9.17) is 0 Å². The summed E-state index contributed by atoms with van der Waals surface area (Å²) in [6.07, 6.45) is 3.40. The molecule has 140 valence electrons. The minimum absolute atomic E-state index is 0.0240. The lowest BCUT2D eigenvalue weighted by atomic mass is 9.86. The summed E-state index contributed by atoms with van der Waals surface area (Å²) >= 11 is 0. The molecule has 0 atom stereocenters. The molecular weight excluding hydrogens is 343 g/mol. The fourth-order valence-electron chi connectivity index (χ4n) is 2.45. The molecule has 8 heteroatoms. The van der Waals surface area contributed by atoms with Crippen LogP contribution in [-0.4, -0.2) is 39.8 Å². The summed E-state index contributed by atoms with van der Waals surface area (Å²) in [5, 5.41) is 6.01. The van der Waals surface area contributed by atoms with Crippen molar-refractivity contribution in [2.75, 3.05) is 25.4 Å². The van der Waals surface area contributed by atoms with Crippen LogP contribution in [0.4, 0.5) is 4.39 Å². The molecule has 0 saturated heterocycles. The third-order valence-electron chi connectivity index (χ3n) is 4.19. The second kappa shape index (κ2) is 9.72. The molecule has 1 fully saturated rings. The van der Waals surface area contributed by atoms with Gasteiger partial charge in [-0.1, -0.05) is 24.6 Å². The Labute approximate surface area is 149 Å². The minimum Gasteiger partial charge on any atom is -0.357 e. The molecule has 1 aliphatic carbocycles. The van der Waals surface area contributed by atoms with Crippen molar-refractivity contribution in [2.24, 2.45) is 10.9 Å². The Bertz CT molecular complexity index is 675. The molecule has 6 nitrogen and oxygen atoms in total. The monoisotopic (exact) mass is 370 g/mol. The van der Waals surface area contributed by atoms with Gasteiger partial charge in [0.15, 0.2) is 5.96 Å². The predicted octanol–water partition coefficient (Wildman–Crippen LogP) is 1.60. The molecule has 0 spiro atoms. The van der Waals surface area contributed by atoms with Crippen LogP contribution in [0.25, 0.3) is 0 Å². The van der Waals surface area contributed by atoms with Gasteiger partial charge in [-0.2, -0.15) is 0 Å². The fraction of sp³-hybridized carbons (Fsp3) is 0.588. The molecule has 0 aromatic heterocycles. The van der Waals surface area contributed by atoms with Gasteiger partial charge in [-0.25, -0.2) is 22.5 Å². The van der Waals surface area contributed by atoms with Crippen molar-refractivity contribution in [3.63, 3.8) is 0 Å². The minimum atomic E-state index is -3.29. The van der Waals surface area contributed by atoms with Gasteiger partial charge < -0.3 is 10.6 Å². The van der Waals surface area contributed by atoms with Crippen molar-refractivity contribution >= 4 is 16.0 Å². The van der Waals surface area contributed by atoms with Crippen LogP contribution >= 0.6 is 0 Å². The first-order chi connectivity index (χ1) is 12.0. The van der Waals surface area contributed by atoms with E-state index in [0.717, 1.165) is 12.8 Å². The number of guanidine groups is 1. The maximum Gasteiger partial charge on any atom is 0.213 e. The first-order valence-corrected chi connectivity index (χ1v) is 10.4. The summed E-state index contributed by atoms with van der Waals surface area (Å²) in [6.45, 7) is 3.51. The zero-order valence-electron chi connectivity index (χ0n) is 14.6. The summed E-state index contributed by atoms with van der Waals surface area (Å²) in [7, 11) is -3.29. The molecule has 25 heavy (non-hydrogen) atoms. The second-order valence-corrected chi connectivity index (χ2v) is 8.10. The summed E-state index contributed by atoms with van der Waals surface area (Å²) in [5.41, 5.74) is 0.495. The van der Waals surface area contributed by atoms with Gasteiger partial charge in [0.25, 0.3) is 0 Å². The molecule has 1 saturated carbocycles. The number of hydrogen-bond acceptors (Lipinski definition) is 3. The van der Waals surface area contributed by atoms with E-state index in [2.05, 4.69) is 20.3 Å². The van der Waals surface area contributed by atoms with Gasteiger partial charge in [0.2, 0.25) is 10.0 Å². The summed E-state index contributed by atoms with van der Waals surface area (Å²) < 4.78 is 40.2. The van der Waals surface area contributed by atoms with Gasteiger partial charge in [0.05, 0.1) is 12.3 Å². The molecule has 3 N–H and O–H groups in total. The van der Waals surface area contributed by atoms with E-state index in [1.165, 1.54) is 12.5 Å². The van der Waals surface area contributed by atoms with Crippen LogP contribution in [0.15, 0.2) is 29.3 Å². The lowest BCUT2D eigenvalue weighted by Crippen LogP contribution is -2.42. The van der Waals surface area contributed by atoms with E-state index in [1.54, 1.807) is 18.2 Å². The Morgan fingerprint density at radius 3 is 2.68 bits per heavy atom. The normalized spacial score (nSPS) is 15.7. The quantitative estimate of drug-likeness (QED) is 0.455. The zero-order valence-corrected chi connectivity index (χ0v) is 15.4. The number of aliphatic imine (C=N–C) groups is 1. The molecule has 1 aromatic rings. The molecule has 2 rings (SSSR count). The van der Waals surface area contributed by atoms with Crippen LogP contribution in [0.1, 0.15) is 31.7 Å². The Hall–Kier alpha value is -1.67. The van der Waals surface area contributed by atoms with Gasteiger partial charge in [-0.05, 0) is 31.7 Å². The average molecular weight is 370 g/mol. The van der Waals surface area contributed by atoms with Gasteiger partial charge in [-0.3, -0.25) is 0 Å². The van der Waals surface area contributed by atoms with Crippen LogP contribution in [0.5, 0.6) is 0 Å². The van der Waals surface area contributed by atoms with Crippen molar-refractivity contribution in [1.29, 1.82) is 0 Å². The van der Waals surface area contributed by atoms with E-state index in [0.29, 0.717) is 30.5 Å². The lowest BCUT2D eigenvalue weighted by Gasteiger charge is -2.25. The van der Waals surface area contributed by atoms with Crippen LogP contribution < -0.4 is 15.4 Å². The first kappa shape index (κ1) is 19.7. The maximum absolute atomic E-state index is 13.6. The largest absolute Gasteiger partial charge is 0.357 e. The van der Waals surface area contributed by atoms with Crippen molar-refractivity contribution in [2.45, 2.75) is 32.7 Å². The second-order valence-electron chi connectivity index (χ2n) is 6.18. The number of nitrogens with zero attached hydrogens (tertiary/aromatic N) is 1. The molecule has 0 aliphatic heterocycles. The smallest absolute Gasteiger partial charge is 0.213 e. The molecule has 0 radical (unpaired) electrons. The van der Waals surface area contributed by atoms with Crippen molar-refractivity contribution in [3.8, 4) is 0 Å². The molecular formula is C17H27FN4O2S. The van der Waals surface area contributed by atoms with E-state index >= 15 is 0 Å². The highest BCUT2D eigenvalue weighted by atomic mass is 32.2. The Balaban J connectivity index is 1.79. The highest BCUT2D eigenvalue weighted by Gasteiger charge is 2.20. The third kappa shape index (κ3) is 6.99. The summed E-state index contributed by atoms with van der Waals surface area (Å²) in [6, 6.07) is 6.46. The van der Waals surface area contributed by atoms with Crippen LogP contribution in [-0.2, 0) is 16.6 Å². The maximum atomic E-state index is 13.6. The van der Waals surface area contributed by atoms with Crippen molar-refractivity contribution < 1.29 is 12.8 Å². The standard InChI is InChI=1S/C17H27FN4O2S/c1-2-19-17(21-13-15-8-3-4-9-16(15)18)20-10-11-25(23,24)22-12-14-6-5-7-14/h3-4,8-9,14,22H,2,5-7,10-13H2,1H3,(H2,19,20,21). The molecule has 0 heterocycles. The molecule has 0 bridgehead atoms. The number of hydrogen-bond donors (Lipinski definition) is 3. The molecule has 1 aliphatic rings. The van der Waals surface area contributed by atoms with E-state index < -0.39 is 10.0 Å². The number of benzene rings is 1. The fourth-order valence-corrected chi connectivity index (χ4v) is 3.46. The van der Waals surface area contributed by atoms with E-state index in [9.17, 15) is 12.8 Å². The predicted molar refractivity (Wildman–Crippen MR) is 98.3 cm³/mol. The number of rotatable bonds is 9. The highest BCUT2D eigenvalue weighted by Crippen LogP contribution is 2.25. The van der Waals surface area contributed by atoms with Gasteiger partial charge in [-0.15, -0.1) is 0 Å². The van der Waals surface area contributed by atoms with Crippen molar-refractivity contribution in [1.82, 2.24) is 15.4 Å². The Morgan fingerprint density at radius 1 is 1.28 bits per heavy atom. The topological polar surface area (TPSA) is 82.6 Å². The number of halogens is 1. The van der Waals surface area contributed by atoms with Gasteiger partial charge in [0, 0.05) is 25.2 Å². The first-order valence-electron chi connectivity index (χ1n) is 8.73. The number of nitrogens with one attached hydrogen (secondary N) is 3. The number of sulfonamides is 1. The third-order valence-corrected chi connectivity index (χ3v) is 5.54. The SMILES string of the molecule is CCNC(=NCc1ccccc1F)NCCS(=O)(=O)NCC1CCC1. The van der Waals surface area contributed by atoms with E-state index in [-0.39, 0.29) is 24.7 Å². The van der Waals surface area contributed by atoms with Crippen molar-refractivity contribution in [3.05, 3.63) is 35.6 Å². The Morgan fingerprint density at radius 2 is 2.04 bits per heavy atom. The highest BCUT2D eigenvalue weighted by molar-refractivity contribution is 7.89. The molecule has 0 amide bonds. The summed E-state index contributed by atoms with van der Waals surface area (Å²) in [5.74, 6) is 0.635. The van der Waals surface area contributed by atoms with E-state index in [1.807, 2.05) is 6.92 Å². The zero-order chi connectivity index (χ0) is 18.1. The summed E-state index contributed by atoms with van der Waals surface area (Å²) in [4.78, 5) is 4.30. The van der Waals surface area contributed by atoms with Crippen LogP contribution in [0.3, 0.4) is 0 Å². The van der Waals surface area contributed by atoms with Crippen LogP contribution in [0.2, 0.25) is 0 Å². The average Bonchev–Trinajstić information content (AvgIpc) is 2.52. The molecule has 0 unspecified atom stereocenters. The van der Waals surface area contributed by atoms with Crippen LogP contribution in [0, 0.1) is 11.7 Å². The van der Waals surface area contributed by atoms with Gasteiger partial charge in [0.1, 0.15) is 5.82 Å². The Kier molecular flexibility index (Phi) is 7.64. The van der Waals surface area contributed by atoms with Gasteiger partial charge >= 0.3 is 0 Å². The lowest BCUT2D eigenvalue weighted by molar-refractivity contribution is 0.316.